The average Bonchev–Trinajstić information content (AvgIpc) is 2.75. The number of carboxylic acid groups (broad SMARTS) is 1. The van der Waals surface area contributed by atoms with Crippen molar-refractivity contribution in [3.63, 3.8) is 0 Å². The molecular formula is C24H24N3NaO5. The Morgan fingerprint density at radius 3 is 2.36 bits per heavy atom. The minimum Gasteiger partial charge on any atom is -0.550 e. The fraction of sp³-hybridized carbons (Fsp3) is 0.250. The predicted octanol–water partition coefficient (Wildman–Crippen LogP) is -1.54. The van der Waals surface area contributed by atoms with Crippen molar-refractivity contribution in [1.29, 1.82) is 0 Å². The SMILES string of the molecule is CC1=CN(C)C(=O)C(NC(=O)N[C@@H](CC(=O)[O-])c2cccc(-c3ccccc3)c2C)C1=O.[Na+]. The molecule has 3 rings (SSSR count). The van der Waals surface area contributed by atoms with E-state index in [0.29, 0.717) is 11.1 Å². The van der Waals surface area contributed by atoms with E-state index in [1.807, 2.05) is 43.3 Å². The third-order valence-corrected chi connectivity index (χ3v) is 5.42. The molecule has 0 aliphatic carbocycles. The molecule has 33 heavy (non-hydrogen) atoms. The van der Waals surface area contributed by atoms with Gasteiger partial charge in [-0.15, -0.1) is 0 Å². The van der Waals surface area contributed by atoms with E-state index in [-0.39, 0.29) is 29.6 Å². The van der Waals surface area contributed by atoms with E-state index in [2.05, 4.69) is 10.6 Å². The number of rotatable bonds is 6. The first-order chi connectivity index (χ1) is 15.2. The Labute approximate surface area is 214 Å². The number of ketones is 1. The van der Waals surface area contributed by atoms with Crippen molar-refractivity contribution in [1.82, 2.24) is 15.5 Å². The van der Waals surface area contributed by atoms with Gasteiger partial charge in [0.05, 0.1) is 6.04 Å². The Bertz CT molecular complexity index is 1100. The fourth-order valence-corrected chi connectivity index (χ4v) is 3.79. The van der Waals surface area contributed by atoms with Crippen LogP contribution in [0.25, 0.3) is 11.1 Å². The predicted molar refractivity (Wildman–Crippen MR) is 116 cm³/mol. The van der Waals surface area contributed by atoms with Gasteiger partial charge in [0.1, 0.15) is 0 Å². The van der Waals surface area contributed by atoms with Crippen LogP contribution in [0.4, 0.5) is 4.79 Å². The molecule has 0 saturated heterocycles. The summed E-state index contributed by atoms with van der Waals surface area (Å²) in [6.45, 7) is 3.39. The number of likely N-dealkylation sites (N-methyl/N-ethyl adjacent to an activating group) is 1. The Morgan fingerprint density at radius 2 is 1.73 bits per heavy atom. The summed E-state index contributed by atoms with van der Waals surface area (Å²) in [6, 6.07) is 11.9. The summed E-state index contributed by atoms with van der Waals surface area (Å²) in [5.74, 6) is -2.43. The minimum absolute atomic E-state index is 0. The molecule has 1 unspecified atom stereocenters. The van der Waals surface area contributed by atoms with E-state index in [1.54, 1.807) is 19.1 Å². The Balaban J connectivity index is 0.00000385. The Morgan fingerprint density at radius 1 is 1.06 bits per heavy atom. The Kier molecular flexibility index (Phi) is 8.99. The van der Waals surface area contributed by atoms with E-state index >= 15 is 0 Å². The van der Waals surface area contributed by atoms with Crippen LogP contribution in [-0.4, -0.2) is 41.7 Å². The monoisotopic (exact) mass is 457 g/mol. The van der Waals surface area contributed by atoms with Gasteiger partial charge in [0, 0.05) is 31.2 Å². The van der Waals surface area contributed by atoms with Gasteiger partial charge >= 0.3 is 35.6 Å². The van der Waals surface area contributed by atoms with Crippen molar-refractivity contribution in [2.75, 3.05) is 7.05 Å². The van der Waals surface area contributed by atoms with E-state index in [1.165, 1.54) is 18.1 Å². The van der Waals surface area contributed by atoms with Crippen molar-refractivity contribution in [3.8, 4) is 11.1 Å². The molecule has 9 heteroatoms. The van der Waals surface area contributed by atoms with Gasteiger partial charge in [0.2, 0.25) is 0 Å². The molecule has 0 spiro atoms. The molecule has 1 heterocycles. The first kappa shape index (κ1) is 26.3. The van der Waals surface area contributed by atoms with Gasteiger partial charge in [-0.3, -0.25) is 9.59 Å². The number of aliphatic carboxylic acids is 1. The minimum atomic E-state index is -1.37. The number of urea groups is 1. The Hall–Kier alpha value is -2.94. The third-order valence-electron chi connectivity index (χ3n) is 5.42. The van der Waals surface area contributed by atoms with E-state index in [0.717, 1.165) is 16.7 Å². The molecule has 0 bridgehead atoms. The van der Waals surface area contributed by atoms with E-state index in [9.17, 15) is 24.3 Å². The van der Waals surface area contributed by atoms with Crippen LogP contribution in [0.5, 0.6) is 0 Å². The van der Waals surface area contributed by atoms with Crippen LogP contribution in [0, 0.1) is 6.92 Å². The standard InChI is InChI=1S/C24H25N3O5.Na/c1-14-13-27(3)23(31)21(22(14)30)26-24(32)25-19(12-20(28)29)18-11-7-10-17(15(18)2)16-8-5-4-6-9-16;/h4-11,13,19,21H,12H2,1-3H3,(H,28,29)(H2,25,26,32);/q;+1/p-1/t19-,21?;/m0./s1. The summed E-state index contributed by atoms with van der Waals surface area (Å²) in [7, 11) is 1.49. The second-order valence-corrected chi connectivity index (χ2v) is 7.69. The molecule has 2 aromatic rings. The number of Topliss-reactive ketones (excluding diaryl/α,β-unsaturated/α-hetero) is 1. The van der Waals surface area contributed by atoms with Crippen LogP contribution in [0.1, 0.15) is 30.5 Å². The van der Waals surface area contributed by atoms with Gasteiger partial charge in [-0.2, -0.15) is 0 Å². The van der Waals surface area contributed by atoms with Gasteiger partial charge < -0.3 is 25.4 Å². The molecule has 166 valence electrons. The number of nitrogens with one attached hydrogen (secondary N) is 2. The molecule has 1 aliphatic rings. The molecule has 0 fully saturated rings. The smallest absolute Gasteiger partial charge is 0.550 e. The van der Waals surface area contributed by atoms with Crippen LogP contribution in [0.15, 0.2) is 60.3 Å². The topological polar surface area (TPSA) is 119 Å². The molecule has 0 saturated carbocycles. The number of hydrogen-bond acceptors (Lipinski definition) is 5. The molecular weight excluding hydrogens is 433 g/mol. The number of carbonyl (C=O) groups is 4. The molecule has 2 atom stereocenters. The number of hydrogen-bond donors (Lipinski definition) is 2. The number of benzene rings is 2. The third kappa shape index (κ3) is 6.10. The zero-order valence-electron chi connectivity index (χ0n) is 19.0. The van der Waals surface area contributed by atoms with Crippen LogP contribution in [0.2, 0.25) is 0 Å². The molecule has 1 aliphatic heterocycles. The van der Waals surface area contributed by atoms with E-state index in [4.69, 9.17) is 0 Å². The van der Waals surface area contributed by atoms with Crippen LogP contribution < -0.4 is 45.3 Å². The molecule has 8 nitrogen and oxygen atoms in total. The van der Waals surface area contributed by atoms with Gasteiger partial charge in [0.15, 0.2) is 11.8 Å². The van der Waals surface area contributed by atoms with Gasteiger partial charge in [-0.25, -0.2) is 4.79 Å². The molecule has 3 amide bonds. The van der Waals surface area contributed by atoms with Crippen LogP contribution in [-0.2, 0) is 14.4 Å². The van der Waals surface area contributed by atoms with Gasteiger partial charge in [-0.1, -0.05) is 48.5 Å². The quantitative estimate of drug-likeness (QED) is 0.403. The van der Waals surface area contributed by atoms with Crippen molar-refractivity contribution in [2.45, 2.75) is 32.4 Å². The second kappa shape index (κ2) is 11.3. The van der Waals surface area contributed by atoms with Gasteiger partial charge in [0.25, 0.3) is 5.91 Å². The maximum absolute atomic E-state index is 12.7. The summed E-state index contributed by atoms with van der Waals surface area (Å²) in [6.07, 6.45) is 0.927. The second-order valence-electron chi connectivity index (χ2n) is 7.69. The normalized spacial score (nSPS) is 16.4. The summed E-state index contributed by atoms with van der Waals surface area (Å²) in [5, 5.41) is 16.4. The zero-order chi connectivity index (χ0) is 23.4. The molecule has 0 aromatic heterocycles. The van der Waals surface area contributed by atoms with Crippen molar-refractivity contribution in [3.05, 3.63) is 71.4 Å². The number of amides is 3. The van der Waals surface area contributed by atoms with Crippen molar-refractivity contribution >= 4 is 23.7 Å². The summed E-state index contributed by atoms with van der Waals surface area (Å²) in [5.41, 5.74) is 3.57. The first-order valence-corrected chi connectivity index (χ1v) is 10.1. The summed E-state index contributed by atoms with van der Waals surface area (Å²) < 4.78 is 0. The number of carbonyl (C=O) groups excluding carboxylic acids is 4. The average molecular weight is 457 g/mol. The van der Waals surface area contributed by atoms with Crippen LogP contribution in [0.3, 0.4) is 0 Å². The maximum Gasteiger partial charge on any atom is 1.00 e. The van der Waals surface area contributed by atoms with Crippen LogP contribution >= 0.6 is 0 Å². The van der Waals surface area contributed by atoms with Crippen molar-refractivity contribution in [2.24, 2.45) is 0 Å². The summed E-state index contributed by atoms with van der Waals surface area (Å²) >= 11 is 0. The van der Waals surface area contributed by atoms with E-state index < -0.39 is 42.2 Å². The largest absolute Gasteiger partial charge is 1.00 e. The van der Waals surface area contributed by atoms with Gasteiger partial charge in [-0.05, 0) is 36.1 Å². The number of nitrogens with zero attached hydrogens (tertiary/aromatic N) is 1. The molecule has 2 aromatic carbocycles. The van der Waals surface area contributed by atoms with Crippen molar-refractivity contribution < 1.29 is 53.8 Å². The summed E-state index contributed by atoms with van der Waals surface area (Å²) in [4.78, 5) is 50.0. The molecule has 2 N–H and O–H groups in total. The number of carboxylic acids is 1. The fourth-order valence-electron chi connectivity index (χ4n) is 3.79. The zero-order valence-corrected chi connectivity index (χ0v) is 21.0. The molecule has 0 radical (unpaired) electrons. The maximum atomic E-state index is 12.7. The first-order valence-electron chi connectivity index (χ1n) is 10.1.